The average molecular weight is 290 g/mol. The van der Waals surface area contributed by atoms with E-state index < -0.39 is 32.2 Å². The monoisotopic (exact) mass is 290 g/mol. The van der Waals surface area contributed by atoms with Crippen molar-refractivity contribution in [3.8, 4) is 0 Å². The highest BCUT2D eigenvalue weighted by molar-refractivity contribution is 7.89. The number of rotatable bonds is 2. The SMILES string of the molecule is CC1CN(S(=O)(=O)c2ccc(F)c(N)c2F)CC1C. The largest absolute Gasteiger partial charge is 0.394 e. The first-order valence-corrected chi connectivity index (χ1v) is 7.42. The van der Waals surface area contributed by atoms with Gasteiger partial charge in [0.1, 0.15) is 16.4 Å². The fourth-order valence-electron chi connectivity index (χ4n) is 2.16. The van der Waals surface area contributed by atoms with E-state index in [4.69, 9.17) is 5.73 Å². The van der Waals surface area contributed by atoms with Crippen LogP contribution in [0, 0.1) is 23.5 Å². The van der Waals surface area contributed by atoms with E-state index >= 15 is 0 Å². The van der Waals surface area contributed by atoms with Gasteiger partial charge in [0, 0.05) is 13.1 Å². The van der Waals surface area contributed by atoms with Crippen LogP contribution in [0.4, 0.5) is 14.5 Å². The van der Waals surface area contributed by atoms with Crippen molar-refractivity contribution in [3.63, 3.8) is 0 Å². The van der Waals surface area contributed by atoms with E-state index in [9.17, 15) is 17.2 Å². The maximum absolute atomic E-state index is 13.8. The van der Waals surface area contributed by atoms with Crippen LogP contribution in [0.25, 0.3) is 0 Å². The second-order valence-electron chi connectivity index (χ2n) is 5.05. The van der Waals surface area contributed by atoms with Gasteiger partial charge >= 0.3 is 0 Å². The maximum Gasteiger partial charge on any atom is 0.246 e. The summed E-state index contributed by atoms with van der Waals surface area (Å²) < 4.78 is 52.8. The molecule has 0 radical (unpaired) electrons. The first-order valence-electron chi connectivity index (χ1n) is 5.98. The summed E-state index contributed by atoms with van der Waals surface area (Å²) in [7, 11) is -3.96. The molecule has 2 unspecified atom stereocenters. The number of nitrogen functional groups attached to an aromatic ring is 1. The van der Waals surface area contributed by atoms with E-state index in [1.807, 2.05) is 13.8 Å². The van der Waals surface area contributed by atoms with Crippen LogP contribution in [0.5, 0.6) is 0 Å². The Morgan fingerprint density at radius 3 is 2.26 bits per heavy atom. The van der Waals surface area contributed by atoms with Crippen LogP contribution in [-0.4, -0.2) is 25.8 Å². The van der Waals surface area contributed by atoms with Gasteiger partial charge in [0.15, 0.2) is 5.82 Å². The van der Waals surface area contributed by atoms with Crippen molar-refractivity contribution < 1.29 is 17.2 Å². The van der Waals surface area contributed by atoms with E-state index in [2.05, 4.69) is 0 Å². The smallest absolute Gasteiger partial charge is 0.246 e. The first-order chi connectivity index (χ1) is 8.75. The Bertz CT molecular complexity index is 594. The summed E-state index contributed by atoms with van der Waals surface area (Å²) in [6.07, 6.45) is 0. The summed E-state index contributed by atoms with van der Waals surface area (Å²) in [4.78, 5) is -0.562. The minimum Gasteiger partial charge on any atom is -0.394 e. The number of halogens is 2. The van der Waals surface area contributed by atoms with Gasteiger partial charge < -0.3 is 5.73 Å². The van der Waals surface area contributed by atoms with E-state index in [0.29, 0.717) is 13.1 Å². The normalized spacial score (nSPS) is 24.8. The first kappa shape index (κ1) is 14.2. The van der Waals surface area contributed by atoms with Crippen LogP contribution in [-0.2, 0) is 10.0 Å². The third-order valence-electron chi connectivity index (χ3n) is 3.66. The van der Waals surface area contributed by atoms with Crippen molar-refractivity contribution in [2.75, 3.05) is 18.8 Å². The number of hydrogen-bond acceptors (Lipinski definition) is 3. The molecule has 0 spiro atoms. The Balaban J connectivity index is 2.44. The minimum atomic E-state index is -3.96. The minimum absolute atomic E-state index is 0.204. The van der Waals surface area contributed by atoms with Crippen molar-refractivity contribution >= 4 is 15.7 Å². The second-order valence-corrected chi connectivity index (χ2v) is 6.96. The van der Waals surface area contributed by atoms with Crippen molar-refractivity contribution in [1.29, 1.82) is 0 Å². The van der Waals surface area contributed by atoms with Gasteiger partial charge in [0.2, 0.25) is 10.0 Å². The molecule has 0 saturated carbocycles. The molecule has 2 atom stereocenters. The molecule has 1 fully saturated rings. The molecule has 4 nitrogen and oxygen atoms in total. The van der Waals surface area contributed by atoms with E-state index in [1.165, 1.54) is 4.31 Å². The summed E-state index contributed by atoms with van der Waals surface area (Å²) in [6, 6.07) is 1.79. The molecular formula is C12H16F2N2O2S. The average Bonchev–Trinajstić information content (AvgIpc) is 2.67. The van der Waals surface area contributed by atoms with Gasteiger partial charge in [-0.05, 0) is 24.0 Å². The molecule has 0 aliphatic carbocycles. The Morgan fingerprint density at radius 1 is 1.21 bits per heavy atom. The maximum atomic E-state index is 13.8. The molecule has 106 valence electrons. The molecular weight excluding hydrogens is 274 g/mol. The van der Waals surface area contributed by atoms with Crippen LogP contribution in [0.15, 0.2) is 17.0 Å². The Labute approximate surface area is 111 Å². The van der Waals surface area contributed by atoms with E-state index in [-0.39, 0.29) is 11.8 Å². The van der Waals surface area contributed by atoms with Crippen molar-refractivity contribution in [1.82, 2.24) is 4.31 Å². The number of hydrogen-bond donors (Lipinski definition) is 1. The molecule has 1 heterocycles. The molecule has 1 aromatic rings. The highest BCUT2D eigenvalue weighted by Gasteiger charge is 2.36. The topological polar surface area (TPSA) is 63.4 Å². The fraction of sp³-hybridized carbons (Fsp3) is 0.500. The summed E-state index contributed by atoms with van der Waals surface area (Å²) in [5, 5.41) is 0. The fourth-order valence-corrected chi connectivity index (χ4v) is 3.88. The molecule has 19 heavy (non-hydrogen) atoms. The van der Waals surface area contributed by atoms with Crippen molar-refractivity contribution in [2.45, 2.75) is 18.7 Å². The number of nitrogens with zero attached hydrogens (tertiary/aromatic N) is 1. The molecule has 1 saturated heterocycles. The van der Waals surface area contributed by atoms with Crippen LogP contribution in [0.3, 0.4) is 0 Å². The number of benzene rings is 1. The third-order valence-corrected chi connectivity index (χ3v) is 5.51. The van der Waals surface area contributed by atoms with Crippen LogP contribution < -0.4 is 5.73 Å². The lowest BCUT2D eigenvalue weighted by Gasteiger charge is -2.17. The number of nitrogens with two attached hydrogens (primary N) is 1. The predicted octanol–water partition coefficient (Wildman–Crippen LogP) is 1.82. The molecule has 7 heteroatoms. The van der Waals surface area contributed by atoms with Crippen LogP contribution >= 0.6 is 0 Å². The summed E-state index contributed by atoms with van der Waals surface area (Å²) >= 11 is 0. The molecule has 0 aromatic heterocycles. The summed E-state index contributed by atoms with van der Waals surface area (Å²) in [5.74, 6) is -1.77. The van der Waals surface area contributed by atoms with Gasteiger partial charge in [0.25, 0.3) is 0 Å². The Kier molecular flexibility index (Phi) is 3.53. The molecule has 0 bridgehead atoms. The third kappa shape index (κ3) is 2.32. The molecule has 1 aromatic carbocycles. The van der Waals surface area contributed by atoms with Crippen molar-refractivity contribution in [3.05, 3.63) is 23.8 Å². The molecule has 2 N–H and O–H groups in total. The number of anilines is 1. The highest BCUT2D eigenvalue weighted by Crippen LogP contribution is 2.31. The van der Waals surface area contributed by atoms with Gasteiger partial charge in [-0.25, -0.2) is 17.2 Å². The zero-order valence-electron chi connectivity index (χ0n) is 10.7. The quantitative estimate of drug-likeness (QED) is 0.845. The standard InChI is InChI=1S/C12H16F2N2O2S/c1-7-5-16(6-8(7)2)19(17,18)10-4-3-9(13)12(15)11(10)14/h3-4,7-8H,5-6,15H2,1-2H3. The highest BCUT2D eigenvalue weighted by atomic mass is 32.2. The zero-order valence-corrected chi connectivity index (χ0v) is 11.5. The van der Waals surface area contributed by atoms with E-state index in [1.54, 1.807) is 0 Å². The predicted molar refractivity (Wildman–Crippen MR) is 67.9 cm³/mol. The number of sulfonamides is 1. The summed E-state index contributed by atoms with van der Waals surface area (Å²) in [6.45, 7) is 4.55. The Morgan fingerprint density at radius 2 is 1.74 bits per heavy atom. The molecule has 1 aliphatic rings. The van der Waals surface area contributed by atoms with Gasteiger partial charge in [-0.3, -0.25) is 0 Å². The molecule has 0 amide bonds. The van der Waals surface area contributed by atoms with Crippen LogP contribution in [0.2, 0.25) is 0 Å². The van der Waals surface area contributed by atoms with Gasteiger partial charge in [-0.1, -0.05) is 13.8 Å². The second kappa shape index (κ2) is 4.72. The van der Waals surface area contributed by atoms with Crippen LogP contribution in [0.1, 0.15) is 13.8 Å². The lowest BCUT2D eigenvalue weighted by molar-refractivity contribution is 0.456. The summed E-state index contributed by atoms with van der Waals surface area (Å²) in [5.41, 5.74) is 4.44. The zero-order chi connectivity index (χ0) is 14.4. The van der Waals surface area contributed by atoms with Gasteiger partial charge in [0.05, 0.1) is 0 Å². The Hall–Kier alpha value is -1.21. The molecule has 1 aliphatic heterocycles. The van der Waals surface area contributed by atoms with E-state index in [0.717, 1.165) is 12.1 Å². The molecule has 2 rings (SSSR count). The van der Waals surface area contributed by atoms with Gasteiger partial charge in [-0.15, -0.1) is 0 Å². The lowest BCUT2D eigenvalue weighted by atomic mass is 10.0. The van der Waals surface area contributed by atoms with Gasteiger partial charge in [-0.2, -0.15) is 4.31 Å². The van der Waals surface area contributed by atoms with Crippen molar-refractivity contribution in [2.24, 2.45) is 11.8 Å². The lowest BCUT2D eigenvalue weighted by Crippen LogP contribution is -2.30.